The monoisotopic (exact) mass is 278 g/mol. The zero-order valence-corrected chi connectivity index (χ0v) is 11.1. The maximum atomic E-state index is 14.0. The summed E-state index contributed by atoms with van der Waals surface area (Å²) < 4.78 is 34.5. The summed E-state index contributed by atoms with van der Waals surface area (Å²) in [5.41, 5.74) is 0.563. The van der Waals surface area contributed by atoms with Gasteiger partial charge in [-0.1, -0.05) is 0 Å². The molecule has 0 saturated carbocycles. The summed E-state index contributed by atoms with van der Waals surface area (Å²) in [6, 6.07) is 2.36. The van der Waals surface area contributed by atoms with Crippen LogP contribution in [0.5, 0.6) is 0 Å². The number of nitrogens with zero attached hydrogens (tertiary/aromatic N) is 4. The van der Waals surface area contributed by atoms with Gasteiger partial charge in [-0.05, 0) is 9.78 Å². The van der Waals surface area contributed by atoms with Crippen molar-refractivity contribution in [3.8, 4) is 11.4 Å². The van der Waals surface area contributed by atoms with Crippen LogP contribution in [-0.2, 0) is 14.1 Å². The highest BCUT2D eigenvalue weighted by atomic mass is 19.1. The van der Waals surface area contributed by atoms with E-state index in [1.54, 1.807) is 56.8 Å². The van der Waals surface area contributed by atoms with Crippen molar-refractivity contribution >= 4 is 0 Å². The topological polar surface area (TPSA) is 32.4 Å². The Balaban J connectivity index is 2.17. The molecule has 3 rings (SSSR count). The highest BCUT2D eigenvalue weighted by Gasteiger charge is 2.22. The highest BCUT2D eigenvalue weighted by Crippen LogP contribution is 2.18. The molecule has 1 aromatic carbocycles. The molecule has 0 saturated heterocycles. The molecule has 0 aliphatic rings. The normalized spacial score (nSPS) is 11.0. The van der Waals surface area contributed by atoms with Gasteiger partial charge in [0.05, 0.1) is 7.05 Å². The predicted octanol–water partition coefficient (Wildman–Crippen LogP) is 0.00930. The van der Waals surface area contributed by atoms with E-state index in [1.165, 1.54) is 6.07 Å². The minimum absolute atomic E-state index is 0.273. The Morgan fingerprint density at radius 3 is 2.55 bits per heavy atom. The number of halogens is 2. The van der Waals surface area contributed by atoms with Crippen LogP contribution in [0, 0.1) is 11.6 Å². The van der Waals surface area contributed by atoms with Gasteiger partial charge in [0.2, 0.25) is 12.0 Å². The maximum absolute atomic E-state index is 14.0. The van der Waals surface area contributed by atoms with Crippen LogP contribution in [0.3, 0.4) is 0 Å². The molecule has 2 heterocycles. The van der Waals surface area contributed by atoms with Gasteiger partial charge in [-0.15, -0.1) is 4.57 Å². The van der Waals surface area contributed by atoms with Crippen molar-refractivity contribution in [3.05, 3.63) is 55.1 Å². The smallest absolute Gasteiger partial charge is 0.239 e. The molecule has 7 heteroatoms. The fourth-order valence-electron chi connectivity index (χ4n) is 2.05. The van der Waals surface area contributed by atoms with Crippen LogP contribution in [0.4, 0.5) is 8.78 Å². The van der Waals surface area contributed by atoms with Crippen molar-refractivity contribution < 1.29 is 22.6 Å². The maximum Gasteiger partial charge on any atom is 0.350 e. The van der Waals surface area contributed by atoms with Gasteiger partial charge >= 0.3 is 12.7 Å². The van der Waals surface area contributed by atoms with E-state index >= 15 is 0 Å². The summed E-state index contributed by atoms with van der Waals surface area (Å²) in [4.78, 5) is 0. The number of hydrogen-bond acceptors (Lipinski definition) is 0. The minimum Gasteiger partial charge on any atom is -0.239 e. The van der Waals surface area contributed by atoms with Crippen molar-refractivity contribution in [2.75, 3.05) is 0 Å². The van der Waals surface area contributed by atoms with Crippen LogP contribution < -0.4 is 13.8 Å². The number of aromatic nitrogens is 5. The second kappa shape index (κ2) is 4.52. The Morgan fingerprint density at radius 2 is 1.95 bits per heavy atom. The van der Waals surface area contributed by atoms with Crippen molar-refractivity contribution in [1.29, 1.82) is 0 Å². The summed E-state index contributed by atoms with van der Waals surface area (Å²) in [7, 11) is 3.62. The molecule has 5 nitrogen and oxygen atoms in total. The van der Waals surface area contributed by atoms with E-state index in [0.29, 0.717) is 5.69 Å². The molecule has 0 atom stereocenters. The standard InChI is InChI=1S/C13H13F2N5/c1-17-3-4-19(8-17)12-6-13(11(15)5-10(12)14)20-7-16-18(2)9-20/h3-9H,1-2H3/q+2/p+1. The van der Waals surface area contributed by atoms with Crippen molar-refractivity contribution in [2.24, 2.45) is 14.1 Å². The summed E-state index contributed by atoms with van der Waals surface area (Å²) >= 11 is 0. The van der Waals surface area contributed by atoms with Crippen LogP contribution in [0.1, 0.15) is 0 Å². The van der Waals surface area contributed by atoms with Gasteiger partial charge in [0, 0.05) is 12.1 Å². The molecule has 20 heavy (non-hydrogen) atoms. The van der Waals surface area contributed by atoms with Gasteiger partial charge in [0.15, 0.2) is 17.3 Å². The number of aryl methyl sites for hydroxylation is 2. The predicted molar refractivity (Wildman–Crippen MR) is 63.9 cm³/mol. The third kappa shape index (κ3) is 2.07. The summed E-state index contributed by atoms with van der Waals surface area (Å²) in [6.07, 6.45) is 8.46. The van der Waals surface area contributed by atoms with Gasteiger partial charge in [0.1, 0.15) is 19.4 Å². The number of rotatable bonds is 2. The second-order valence-electron chi connectivity index (χ2n) is 4.63. The molecule has 0 bridgehead atoms. The lowest BCUT2D eigenvalue weighted by Gasteiger charge is -2.00. The van der Waals surface area contributed by atoms with E-state index in [-0.39, 0.29) is 5.69 Å². The molecular formula is C13H14F2N5+3. The Kier molecular flexibility index (Phi) is 2.81. The van der Waals surface area contributed by atoms with E-state index < -0.39 is 11.6 Å². The average Bonchev–Trinajstić information content (AvgIpc) is 2.99. The van der Waals surface area contributed by atoms with E-state index in [4.69, 9.17) is 0 Å². The largest absolute Gasteiger partial charge is 0.350 e. The first-order chi connectivity index (χ1) is 9.54. The Labute approximate surface area is 113 Å². The number of imidazole rings is 1. The van der Waals surface area contributed by atoms with Crippen LogP contribution >= 0.6 is 0 Å². The summed E-state index contributed by atoms with van der Waals surface area (Å²) in [6.45, 7) is 0. The number of aromatic amines is 1. The van der Waals surface area contributed by atoms with E-state index in [0.717, 1.165) is 6.07 Å². The average molecular weight is 278 g/mol. The zero-order valence-electron chi connectivity index (χ0n) is 11.1. The Morgan fingerprint density at radius 1 is 1.15 bits per heavy atom. The lowest BCUT2D eigenvalue weighted by Crippen LogP contribution is -2.36. The molecule has 0 spiro atoms. The van der Waals surface area contributed by atoms with Crippen LogP contribution in [-0.4, -0.2) is 9.67 Å². The second-order valence-corrected chi connectivity index (χ2v) is 4.63. The van der Waals surface area contributed by atoms with Crippen LogP contribution in [0.2, 0.25) is 0 Å². The number of hydrogen-bond donors (Lipinski definition) is 1. The molecule has 0 aliphatic carbocycles. The number of benzene rings is 1. The zero-order chi connectivity index (χ0) is 14.3. The molecule has 0 radical (unpaired) electrons. The van der Waals surface area contributed by atoms with Gasteiger partial charge in [0.25, 0.3) is 0 Å². The Bertz CT molecular complexity index is 713. The molecule has 3 aromatic rings. The van der Waals surface area contributed by atoms with Gasteiger partial charge < -0.3 is 0 Å². The van der Waals surface area contributed by atoms with E-state index in [9.17, 15) is 8.78 Å². The van der Waals surface area contributed by atoms with E-state index in [1.807, 2.05) is 7.05 Å². The van der Waals surface area contributed by atoms with Crippen molar-refractivity contribution in [1.82, 2.24) is 9.67 Å². The van der Waals surface area contributed by atoms with Crippen LogP contribution in [0.15, 0.2) is 43.5 Å². The fraction of sp³-hybridized carbons (Fsp3) is 0.154. The molecule has 2 aromatic heterocycles. The molecule has 0 aliphatic heterocycles. The quantitative estimate of drug-likeness (QED) is 0.641. The first-order valence-electron chi connectivity index (χ1n) is 6.03. The number of nitrogens with one attached hydrogen (secondary N) is 1. The molecule has 0 unspecified atom stereocenters. The minimum atomic E-state index is -0.618. The lowest BCUT2D eigenvalue weighted by atomic mass is 10.2. The molecular weight excluding hydrogens is 264 g/mol. The first-order valence-corrected chi connectivity index (χ1v) is 6.03. The Hall–Kier alpha value is -2.57. The fourth-order valence-corrected chi connectivity index (χ4v) is 2.05. The summed E-state index contributed by atoms with van der Waals surface area (Å²) in [5, 5.41) is 2.88. The molecule has 102 valence electrons. The third-order valence-electron chi connectivity index (χ3n) is 3.04. The summed E-state index contributed by atoms with van der Waals surface area (Å²) in [5.74, 6) is -1.23. The SMILES string of the molecule is C[n+]1ccn(-c2cc(-[n+]3c[nH][n+](C)c3)c(F)cc2F)c1. The van der Waals surface area contributed by atoms with Gasteiger partial charge in [-0.2, -0.15) is 4.57 Å². The van der Waals surface area contributed by atoms with Gasteiger partial charge in [-0.25, -0.2) is 13.3 Å². The lowest BCUT2D eigenvalue weighted by molar-refractivity contribution is -0.774. The van der Waals surface area contributed by atoms with E-state index in [2.05, 4.69) is 5.10 Å². The molecule has 1 N–H and O–H groups in total. The van der Waals surface area contributed by atoms with Crippen molar-refractivity contribution in [3.63, 3.8) is 0 Å². The third-order valence-corrected chi connectivity index (χ3v) is 3.04. The van der Waals surface area contributed by atoms with Gasteiger partial charge in [-0.3, -0.25) is 0 Å². The van der Waals surface area contributed by atoms with Crippen molar-refractivity contribution in [2.45, 2.75) is 0 Å². The molecule has 0 amide bonds. The highest BCUT2D eigenvalue weighted by molar-refractivity contribution is 5.41. The molecule has 0 fully saturated rings. The number of H-pyrrole nitrogens is 1. The first kappa shape index (κ1) is 12.5. The van der Waals surface area contributed by atoms with Crippen LogP contribution in [0.25, 0.3) is 11.4 Å².